The zero-order chi connectivity index (χ0) is 27.8. The molecule has 0 bridgehead atoms. The molecule has 2 aliphatic rings. The third-order valence-corrected chi connectivity index (χ3v) is 8.42. The van der Waals surface area contributed by atoms with Gasteiger partial charge in [-0.3, -0.25) is 0 Å². The second-order valence-electron chi connectivity index (χ2n) is 12.1. The van der Waals surface area contributed by atoms with Crippen LogP contribution in [0.3, 0.4) is 0 Å². The first-order valence-corrected chi connectivity index (χ1v) is 14.3. The standard InChI is InChI=1S/2C16H25NO2/c2*1-17(2)12-15(13-6-8-14(18)9-7-13)16(19)10-4-3-5-11-16/h2*6-9,15,18-19H,3-5,10-12H2,1-2H3/t2*15-/m10/s1. The summed E-state index contributed by atoms with van der Waals surface area (Å²) in [5, 5.41) is 40.9. The molecule has 0 amide bonds. The summed E-state index contributed by atoms with van der Waals surface area (Å²) in [5.41, 5.74) is 1.05. The molecule has 0 aromatic heterocycles. The van der Waals surface area contributed by atoms with Gasteiger partial charge in [0.1, 0.15) is 11.5 Å². The lowest BCUT2D eigenvalue weighted by Gasteiger charge is -2.40. The quantitative estimate of drug-likeness (QED) is 0.365. The summed E-state index contributed by atoms with van der Waals surface area (Å²) in [7, 11) is 8.17. The predicted molar refractivity (Wildman–Crippen MR) is 155 cm³/mol. The van der Waals surface area contributed by atoms with E-state index < -0.39 is 11.2 Å². The summed E-state index contributed by atoms with van der Waals surface area (Å²) >= 11 is 0. The van der Waals surface area contributed by atoms with E-state index in [1.807, 2.05) is 52.5 Å². The third kappa shape index (κ3) is 8.44. The number of hydrogen-bond donors (Lipinski definition) is 4. The van der Waals surface area contributed by atoms with Crippen LogP contribution in [0.25, 0.3) is 0 Å². The number of phenols is 2. The van der Waals surface area contributed by atoms with Gasteiger partial charge in [0.2, 0.25) is 0 Å². The van der Waals surface area contributed by atoms with Gasteiger partial charge < -0.3 is 30.2 Å². The van der Waals surface area contributed by atoms with E-state index in [0.29, 0.717) is 0 Å². The maximum atomic E-state index is 11.0. The van der Waals surface area contributed by atoms with Gasteiger partial charge >= 0.3 is 0 Å². The van der Waals surface area contributed by atoms with Crippen LogP contribution < -0.4 is 0 Å². The Kier molecular flexibility index (Phi) is 11.0. The van der Waals surface area contributed by atoms with E-state index in [2.05, 4.69) is 9.80 Å². The van der Waals surface area contributed by atoms with Gasteiger partial charge in [0.05, 0.1) is 11.2 Å². The number of aliphatic hydroxyl groups is 2. The molecule has 6 nitrogen and oxygen atoms in total. The van der Waals surface area contributed by atoms with Crippen LogP contribution in [0.1, 0.15) is 87.2 Å². The van der Waals surface area contributed by atoms with Gasteiger partial charge in [-0.2, -0.15) is 0 Å². The third-order valence-electron chi connectivity index (χ3n) is 8.42. The lowest BCUT2D eigenvalue weighted by Crippen LogP contribution is -2.42. The monoisotopic (exact) mass is 526 g/mol. The number of aromatic hydroxyl groups is 2. The number of nitrogens with zero attached hydrogens (tertiary/aromatic N) is 2. The Bertz CT molecular complexity index is 867. The fourth-order valence-electron chi connectivity index (χ4n) is 6.34. The van der Waals surface area contributed by atoms with Gasteiger partial charge in [-0.05, 0) is 89.3 Å². The highest BCUT2D eigenvalue weighted by Crippen LogP contribution is 2.41. The number of rotatable bonds is 8. The highest BCUT2D eigenvalue weighted by molar-refractivity contribution is 5.31. The number of likely N-dealkylation sites (N-methyl/N-ethyl adjacent to an activating group) is 2. The molecule has 2 aliphatic carbocycles. The van der Waals surface area contributed by atoms with Crippen LogP contribution in [0.4, 0.5) is 0 Å². The SMILES string of the molecule is CN(C)C[C@@H](c1ccc(O)cc1)C1(O)CCCCC1.CN(C)C[C@H](c1ccc(O)cc1)C1(O)CCCCC1. The second-order valence-corrected chi connectivity index (χ2v) is 12.1. The summed E-state index contributed by atoms with van der Waals surface area (Å²) in [6, 6.07) is 14.6. The van der Waals surface area contributed by atoms with E-state index in [1.165, 1.54) is 12.8 Å². The van der Waals surface area contributed by atoms with Crippen LogP contribution in [0.15, 0.2) is 48.5 Å². The van der Waals surface area contributed by atoms with Crippen molar-refractivity contribution in [3.05, 3.63) is 59.7 Å². The van der Waals surface area contributed by atoms with Crippen molar-refractivity contribution in [3.8, 4) is 11.5 Å². The molecule has 2 fully saturated rings. The molecule has 0 radical (unpaired) electrons. The van der Waals surface area contributed by atoms with Gasteiger partial charge in [-0.25, -0.2) is 0 Å². The molecular formula is C32H50N2O4. The predicted octanol–water partition coefficient (Wildman–Crippen LogP) is 5.47. The fourth-order valence-corrected chi connectivity index (χ4v) is 6.34. The van der Waals surface area contributed by atoms with Crippen molar-refractivity contribution in [1.82, 2.24) is 9.80 Å². The summed E-state index contributed by atoms with van der Waals surface area (Å²) in [5.74, 6) is 0.790. The lowest BCUT2D eigenvalue weighted by atomic mass is 9.72. The molecule has 0 aliphatic heterocycles. The molecule has 0 saturated heterocycles. The number of hydrogen-bond acceptors (Lipinski definition) is 6. The Morgan fingerprint density at radius 2 is 0.842 bits per heavy atom. The van der Waals surface area contributed by atoms with Gasteiger partial charge in [0.25, 0.3) is 0 Å². The van der Waals surface area contributed by atoms with E-state index in [0.717, 1.165) is 75.6 Å². The van der Waals surface area contributed by atoms with Crippen LogP contribution >= 0.6 is 0 Å². The molecule has 212 valence electrons. The first-order chi connectivity index (χ1) is 18.0. The van der Waals surface area contributed by atoms with Gasteiger partial charge in [0.15, 0.2) is 0 Å². The molecule has 0 unspecified atom stereocenters. The van der Waals surface area contributed by atoms with Crippen LogP contribution in [0.2, 0.25) is 0 Å². The number of benzene rings is 2. The highest BCUT2D eigenvalue weighted by Gasteiger charge is 2.39. The molecule has 6 heteroatoms. The van der Waals surface area contributed by atoms with Gasteiger partial charge in [-0.15, -0.1) is 0 Å². The average molecular weight is 527 g/mol. The summed E-state index contributed by atoms with van der Waals surface area (Å²) in [6.45, 7) is 1.67. The van der Waals surface area contributed by atoms with E-state index in [1.54, 1.807) is 24.3 Å². The summed E-state index contributed by atoms with van der Waals surface area (Å²) in [4.78, 5) is 4.26. The average Bonchev–Trinajstić information content (AvgIpc) is 2.88. The molecule has 0 heterocycles. The van der Waals surface area contributed by atoms with Crippen molar-refractivity contribution < 1.29 is 20.4 Å². The minimum absolute atomic E-state index is 0.114. The lowest BCUT2D eigenvalue weighted by molar-refractivity contribution is -0.0280. The molecule has 4 rings (SSSR count). The van der Waals surface area contributed by atoms with Crippen molar-refractivity contribution in [3.63, 3.8) is 0 Å². The van der Waals surface area contributed by atoms with Crippen LogP contribution in [-0.4, -0.2) is 82.7 Å². The minimum atomic E-state index is -0.598. The zero-order valence-corrected chi connectivity index (χ0v) is 23.9. The Labute approximate surface area is 229 Å². The van der Waals surface area contributed by atoms with E-state index in [9.17, 15) is 20.4 Å². The topological polar surface area (TPSA) is 87.4 Å². The Morgan fingerprint density at radius 1 is 0.553 bits per heavy atom. The summed E-state index contributed by atoms with van der Waals surface area (Å²) in [6.07, 6.45) is 10.4. The molecular weight excluding hydrogens is 476 g/mol. The van der Waals surface area contributed by atoms with Crippen molar-refractivity contribution in [2.45, 2.75) is 87.2 Å². The molecule has 2 aromatic rings. The molecule has 4 N–H and O–H groups in total. The second kappa shape index (κ2) is 13.8. The highest BCUT2D eigenvalue weighted by atomic mass is 16.3. The van der Waals surface area contributed by atoms with E-state index in [-0.39, 0.29) is 23.3 Å². The number of phenolic OH excluding ortho intramolecular Hbond substituents is 2. The minimum Gasteiger partial charge on any atom is -0.508 e. The smallest absolute Gasteiger partial charge is 0.115 e. The van der Waals surface area contributed by atoms with Crippen molar-refractivity contribution in [1.29, 1.82) is 0 Å². The first-order valence-electron chi connectivity index (χ1n) is 14.3. The normalized spacial score (nSPS) is 20.4. The summed E-state index contributed by atoms with van der Waals surface area (Å²) < 4.78 is 0. The maximum Gasteiger partial charge on any atom is 0.115 e. The molecule has 2 atom stereocenters. The maximum absolute atomic E-state index is 11.0. The molecule has 2 aromatic carbocycles. The van der Waals surface area contributed by atoms with E-state index >= 15 is 0 Å². The molecule has 2 saturated carbocycles. The van der Waals surface area contributed by atoms with Gasteiger partial charge in [0, 0.05) is 24.9 Å². The Morgan fingerprint density at radius 3 is 1.11 bits per heavy atom. The van der Waals surface area contributed by atoms with Crippen molar-refractivity contribution >= 4 is 0 Å². The Hall–Kier alpha value is -2.12. The van der Waals surface area contributed by atoms with Crippen LogP contribution in [0, 0.1) is 0 Å². The van der Waals surface area contributed by atoms with Crippen molar-refractivity contribution in [2.75, 3.05) is 41.3 Å². The van der Waals surface area contributed by atoms with E-state index in [4.69, 9.17) is 0 Å². The van der Waals surface area contributed by atoms with Crippen molar-refractivity contribution in [2.24, 2.45) is 0 Å². The largest absolute Gasteiger partial charge is 0.508 e. The Balaban J connectivity index is 0.000000211. The van der Waals surface area contributed by atoms with Crippen LogP contribution in [0.5, 0.6) is 11.5 Å². The molecule has 38 heavy (non-hydrogen) atoms. The van der Waals surface area contributed by atoms with Gasteiger partial charge in [-0.1, -0.05) is 62.8 Å². The fraction of sp³-hybridized carbons (Fsp3) is 0.625. The first kappa shape index (κ1) is 30.4. The molecule has 0 spiro atoms. The van der Waals surface area contributed by atoms with Crippen LogP contribution in [-0.2, 0) is 0 Å². The zero-order valence-electron chi connectivity index (χ0n) is 23.9.